The van der Waals surface area contributed by atoms with Crippen LogP contribution >= 0.6 is 0 Å². The van der Waals surface area contributed by atoms with E-state index in [0.29, 0.717) is 0 Å². The summed E-state index contributed by atoms with van der Waals surface area (Å²) in [5.41, 5.74) is 2.49. The van der Waals surface area contributed by atoms with Crippen molar-refractivity contribution in [2.24, 2.45) is 0 Å². The monoisotopic (exact) mass is 269 g/mol. The van der Waals surface area contributed by atoms with Gasteiger partial charge in [-0.2, -0.15) is 0 Å². The number of pyridine rings is 1. The Morgan fingerprint density at radius 2 is 1.60 bits per heavy atom. The Kier molecular flexibility index (Phi) is 7.12. The zero-order chi connectivity index (χ0) is 14.8. The van der Waals surface area contributed by atoms with Gasteiger partial charge in [-0.1, -0.05) is 30.4 Å². The molecule has 2 heteroatoms. The van der Waals surface area contributed by atoms with Gasteiger partial charge in [0.1, 0.15) is 6.54 Å². The van der Waals surface area contributed by atoms with Crippen LogP contribution in [-0.2, 0) is 6.54 Å². The second-order valence-corrected chi connectivity index (χ2v) is 4.69. The van der Waals surface area contributed by atoms with E-state index in [1.54, 1.807) is 0 Å². The van der Waals surface area contributed by atoms with Crippen LogP contribution in [0.25, 0.3) is 6.08 Å². The number of benzene rings is 1. The first-order valence-electron chi connectivity index (χ1n) is 7.01. The summed E-state index contributed by atoms with van der Waals surface area (Å²) in [7, 11) is 4.09. The van der Waals surface area contributed by atoms with Crippen molar-refractivity contribution in [1.82, 2.24) is 0 Å². The van der Waals surface area contributed by atoms with Crippen LogP contribution in [-0.4, -0.2) is 14.1 Å². The lowest BCUT2D eigenvalue weighted by Gasteiger charge is -2.11. The summed E-state index contributed by atoms with van der Waals surface area (Å²) >= 11 is 0. The SMILES string of the molecule is C/C=C/c1ccc(N(C)C)cc1.CC[n+]1ccccc1. The molecular weight excluding hydrogens is 244 g/mol. The van der Waals surface area contributed by atoms with Gasteiger partial charge in [0, 0.05) is 31.9 Å². The lowest BCUT2D eigenvalue weighted by molar-refractivity contribution is -0.693. The van der Waals surface area contributed by atoms with E-state index in [0.717, 1.165) is 6.54 Å². The Bertz CT molecular complexity index is 499. The van der Waals surface area contributed by atoms with Gasteiger partial charge in [-0.05, 0) is 31.5 Å². The highest BCUT2D eigenvalue weighted by atomic mass is 15.1. The summed E-state index contributed by atoms with van der Waals surface area (Å²) in [6.45, 7) is 5.21. The summed E-state index contributed by atoms with van der Waals surface area (Å²) in [6, 6.07) is 14.6. The Hall–Kier alpha value is -2.09. The molecule has 2 nitrogen and oxygen atoms in total. The molecule has 106 valence electrons. The highest BCUT2D eigenvalue weighted by Crippen LogP contribution is 2.12. The summed E-state index contributed by atoms with van der Waals surface area (Å²) in [4.78, 5) is 2.10. The molecule has 0 spiro atoms. The molecule has 1 aromatic carbocycles. The molecule has 0 fully saturated rings. The van der Waals surface area contributed by atoms with Crippen LogP contribution in [0.15, 0.2) is 60.9 Å². The maximum absolute atomic E-state index is 2.12. The quantitative estimate of drug-likeness (QED) is 0.769. The molecule has 0 aliphatic rings. The molecule has 2 rings (SSSR count). The van der Waals surface area contributed by atoms with E-state index in [9.17, 15) is 0 Å². The molecule has 0 saturated carbocycles. The fraction of sp³-hybridized carbons (Fsp3) is 0.278. The standard InChI is InChI=1S/C11H15N.C7H10N/c1-4-5-10-6-8-11(9-7-10)12(2)3;1-2-8-6-4-3-5-7-8/h4-9H,1-3H3;3-7H,2H2,1H3/q;+1/b5-4+;. The van der Waals surface area contributed by atoms with E-state index in [1.165, 1.54) is 11.3 Å². The van der Waals surface area contributed by atoms with Crippen LogP contribution in [0.4, 0.5) is 5.69 Å². The van der Waals surface area contributed by atoms with Crippen molar-refractivity contribution in [2.45, 2.75) is 20.4 Å². The predicted molar refractivity (Wildman–Crippen MR) is 87.8 cm³/mol. The minimum Gasteiger partial charge on any atom is -0.378 e. The number of nitrogens with zero attached hydrogens (tertiary/aromatic N) is 2. The van der Waals surface area contributed by atoms with Gasteiger partial charge in [-0.25, -0.2) is 4.57 Å². The second kappa shape index (κ2) is 8.92. The Morgan fingerprint density at radius 1 is 1.00 bits per heavy atom. The fourth-order valence-electron chi connectivity index (χ4n) is 1.72. The van der Waals surface area contributed by atoms with Crippen LogP contribution in [0.1, 0.15) is 19.4 Å². The summed E-state index contributed by atoms with van der Waals surface area (Å²) in [6.07, 6.45) is 8.25. The molecule has 0 radical (unpaired) electrons. The number of anilines is 1. The molecule has 0 N–H and O–H groups in total. The maximum Gasteiger partial charge on any atom is 0.168 e. The number of allylic oxidation sites excluding steroid dienone is 1. The van der Waals surface area contributed by atoms with Crippen LogP contribution in [0.5, 0.6) is 0 Å². The van der Waals surface area contributed by atoms with E-state index >= 15 is 0 Å². The maximum atomic E-state index is 2.12. The average Bonchev–Trinajstić information content (AvgIpc) is 2.49. The zero-order valence-corrected chi connectivity index (χ0v) is 13.0. The molecule has 2 aromatic rings. The predicted octanol–water partition coefficient (Wildman–Crippen LogP) is 3.78. The van der Waals surface area contributed by atoms with Gasteiger partial charge in [0.15, 0.2) is 12.4 Å². The van der Waals surface area contributed by atoms with E-state index in [4.69, 9.17) is 0 Å². The lowest BCUT2D eigenvalue weighted by atomic mass is 10.2. The van der Waals surface area contributed by atoms with Gasteiger partial charge in [0.25, 0.3) is 0 Å². The van der Waals surface area contributed by atoms with Crippen molar-refractivity contribution in [1.29, 1.82) is 0 Å². The summed E-state index contributed by atoms with van der Waals surface area (Å²) < 4.78 is 2.12. The van der Waals surface area contributed by atoms with E-state index < -0.39 is 0 Å². The first-order valence-corrected chi connectivity index (χ1v) is 7.01. The number of rotatable bonds is 3. The van der Waals surface area contributed by atoms with Crippen molar-refractivity contribution in [3.63, 3.8) is 0 Å². The topological polar surface area (TPSA) is 7.12 Å². The molecule has 1 aromatic heterocycles. The minimum atomic E-state index is 1.06. The summed E-state index contributed by atoms with van der Waals surface area (Å²) in [5.74, 6) is 0. The third kappa shape index (κ3) is 5.70. The van der Waals surface area contributed by atoms with Crippen molar-refractivity contribution in [3.05, 3.63) is 66.5 Å². The Morgan fingerprint density at radius 3 is 2.00 bits per heavy atom. The third-order valence-corrected chi connectivity index (χ3v) is 2.91. The fourth-order valence-corrected chi connectivity index (χ4v) is 1.72. The molecule has 0 unspecified atom stereocenters. The van der Waals surface area contributed by atoms with Crippen LogP contribution < -0.4 is 9.47 Å². The van der Waals surface area contributed by atoms with Crippen molar-refractivity contribution in [2.75, 3.05) is 19.0 Å². The molecule has 0 aliphatic carbocycles. The number of aromatic nitrogens is 1. The van der Waals surface area contributed by atoms with Crippen LogP contribution in [0.2, 0.25) is 0 Å². The van der Waals surface area contributed by atoms with Crippen LogP contribution in [0, 0.1) is 0 Å². The molecule has 0 aliphatic heterocycles. The number of aryl methyl sites for hydroxylation is 1. The van der Waals surface area contributed by atoms with Crippen molar-refractivity contribution in [3.8, 4) is 0 Å². The highest BCUT2D eigenvalue weighted by Gasteiger charge is 1.92. The van der Waals surface area contributed by atoms with E-state index in [-0.39, 0.29) is 0 Å². The normalized spacial score (nSPS) is 10.0. The van der Waals surface area contributed by atoms with Crippen molar-refractivity contribution >= 4 is 11.8 Å². The highest BCUT2D eigenvalue weighted by molar-refractivity contribution is 5.55. The van der Waals surface area contributed by atoms with Gasteiger partial charge in [0.05, 0.1) is 0 Å². The molecule has 0 amide bonds. The van der Waals surface area contributed by atoms with Gasteiger partial charge in [-0.3, -0.25) is 0 Å². The van der Waals surface area contributed by atoms with Gasteiger partial charge in [-0.15, -0.1) is 0 Å². The Labute approximate surface area is 123 Å². The van der Waals surface area contributed by atoms with Gasteiger partial charge in [0.2, 0.25) is 0 Å². The molecule has 0 atom stereocenters. The molecular formula is C18H25N2+. The molecule has 0 saturated heterocycles. The number of hydrogen-bond acceptors (Lipinski definition) is 1. The third-order valence-electron chi connectivity index (χ3n) is 2.91. The second-order valence-electron chi connectivity index (χ2n) is 4.69. The lowest BCUT2D eigenvalue weighted by Crippen LogP contribution is -2.30. The number of hydrogen-bond donors (Lipinski definition) is 0. The Balaban J connectivity index is 0.000000217. The smallest absolute Gasteiger partial charge is 0.168 e. The average molecular weight is 269 g/mol. The first kappa shape index (κ1) is 16.0. The van der Waals surface area contributed by atoms with Crippen molar-refractivity contribution < 1.29 is 4.57 Å². The molecule has 1 heterocycles. The van der Waals surface area contributed by atoms with Crippen LogP contribution in [0.3, 0.4) is 0 Å². The van der Waals surface area contributed by atoms with E-state index in [2.05, 4.69) is 59.1 Å². The van der Waals surface area contributed by atoms with Gasteiger partial charge >= 0.3 is 0 Å². The van der Waals surface area contributed by atoms with Gasteiger partial charge < -0.3 is 4.90 Å². The largest absolute Gasteiger partial charge is 0.378 e. The molecule has 20 heavy (non-hydrogen) atoms. The molecule has 0 bridgehead atoms. The zero-order valence-electron chi connectivity index (χ0n) is 13.0. The first-order chi connectivity index (χ1) is 9.67. The summed E-state index contributed by atoms with van der Waals surface area (Å²) in [5, 5.41) is 0. The minimum absolute atomic E-state index is 1.06. The van der Waals surface area contributed by atoms with E-state index in [1.807, 2.05) is 45.3 Å².